The molecule has 0 unspecified atom stereocenters. The third-order valence-corrected chi connectivity index (χ3v) is 3.08. The summed E-state index contributed by atoms with van der Waals surface area (Å²) in [6, 6.07) is 16.3. The van der Waals surface area contributed by atoms with Crippen LogP contribution in [0.5, 0.6) is 0 Å². The fourth-order valence-corrected chi connectivity index (χ4v) is 2.06. The van der Waals surface area contributed by atoms with E-state index in [4.69, 9.17) is 0 Å². The maximum absolute atomic E-state index is 4.53. The van der Waals surface area contributed by atoms with Crippen molar-refractivity contribution in [3.63, 3.8) is 0 Å². The molecule has 2 aromatic heterocycles. The van der Waals surface area contributed by atoms with E-state index in [-0.39, 0.29) is 0 Å². The normalized spacial score (nSPS) is 10.6. The average Bonchev–Trinajstić information content (AvgIpc) is 2.97. The number of benzene rings is 1. The summed E-state index contributed by atoms with van der Waals surface area (Å²) in [5.74, 6) is 0. The highest BCUT2D eigenvalue weighted by molar-refractivity contribution is 5.69. The molecule has 0 fully saturated rings. The summed E-state index contributed by atoms with van der Waals surface area (Å²) in [4.78, 5) is 4.38. The van der Waals surface area contributed by atoms with E-state index in [1.165, 1.54) is 0 Å². The van der Waals surface area contributed by atoms with Crippen LogP contribution in [0.3, 0.4) is 0 Å². The zero-order valence-corrected chi connectivity index (χ0v) is 10.8. The van der Waals surface area contributed by atoms with Crippen LogP contribution in [0.4, 0.5) is 0 Å². The number of nitrogens with zero attached hydrogens (tertiary/aromatic N) is 3. The molecule has 94 valence electrons. The van der Waals surface area contributed by atoms with E-state index in [0.717, 1.165) is 29.1 Å². The molecule has 0 atom stereocenters. The minimum Gasteiger partial charge on any atom is -0.272 e. The standard InChI is InChI=1S/C16H15N3/c1-2-19-11-9-16(18-19)14-7-5-6-13(12-14)15-8-3-4-10-17-15/h3-12H,2H2,1H3. The SMILES string of the molecule is CCn1ccc(-c2cccc(-c3ccccn3)c2)n1. The second-order valence-electron chi connectivity index (χ2n) is 4.35. The molecule has 1 aromatic carbocycles. The molecular formula is C16H15N3. The van der Waals surface area contributed by atoms with Crippen molar-refractivity contribution in [1.82, 2.24) is 14.8 Å². The van der Waals surface area contributed by atoms with Gasteiger partial charge in [0.1, 0.15) is 0 Å². The van der Waals surface area contributed by atoms with Gasteiger partial charge in [-0.1, -0.05) is 24.3 Å². The lowest BCUT2D eigenvalue weighted by Gasteiger charge is -2.03. The first-order chi connectivity index (χ1) is 9.36. The Bertz CT molecular complexity index is 671. The summed E-state index contributed by atoms with van der Waals surface area (Å²) in [5.41, 5.74) is 4.22. The summed E-state index contributed by atoms with van der Waals surface area (Å²) < 4.78 is 1.93. The van der Waals surface area contributed by atoms with Crippen LogP contribution in [0.15, 0.2) is 60.9 Å². The van der Waals surface area contributed by atoms with Gasteiger partial charge < -0.3 is 0 Å². The summed E-state index contributed by atoms with van der Waals surface area (Å²) in [6.45, 7) is 2.97. The van der Waals surface area contributed by atoms with Crippen LogP contribution in [0, 0.1) is 0 Å². The minimum absolute atomic E-state index is 0.889. The van der Waals surface area contributed by atoms with Crippen molar-refractivity contribution in [1.29, 1.82) is 0 Å². The Morgan fingerprint density at radius 2 is 1.79 bits per heavy atom. The van der Waals surface area contributed by atoms with Crippen molar-refractivity contribution >= 4 is 0 Å². The molecule has 0 bridgehead atoms. The number of aromatic nitrogens is 3. The predicted molar refractivity (Wildman–Crippen MR) is 76.6 cm³/mol. The Balaban J connectivity index is 2.00. The molecule has 0 spiro atoms. The van der Waals surface area contributed by atoms with Crippen LogP contribution < -0.4 is 0 Å². The van der Waals surface area contributed by atoms with Gasteiger partial charge in [-0.3, -0.25) is 9.67 Å². The molecular weight excluding hydrogens is 234 g/mol. The molecule has 3 heteroatoms. The van der Waals surface area contributed by atoms with Gasteiger partial charge in [0.2, 0.25) is 0 Å². The topological polar surface area (TPSA) is 30.7 Å². The number of pyridine rings is 1. The first kappa shape index (κ1) is 11.7. The number of aryl methyl sites for hydroxylation is 1. The third kappa shape index (κ3) is 2.40. The van der Waals surface area contributed by atoms with Crippen LogP contribution in [0.25, 0.3) is 22.5 Å². The van der Waals surface area contributed by atoms with Gasteiger partial charge in [-0.25, -0.2) is 0 Å². The average molecular weight is 249 g/mol. The van der Waals surface area contributed by atoms with E-state index in [1.54, 1.807) is 0 Å². The predicted octanol–water partition coefficient (Wildman–Crippen LogP) is 3.63. The Labute approximate surface area is 112 Å². The van der Waals surface area contributed by atoms with Gasteiger partial charge >= 0.3 is 0 Å². The largest absolute Gasteiger partial charge is 0.272 e. The Morgan fingerprint density at radius 1 is 0.947 bits per heavy atom. The van der Waals surface area contributed by atoms with Crippen LogP contribution in [-0.2, 0) is 6.54 Å². The van der Waals surface area contributed by atoms with E-state index in [9.17, 15) is 0 Å². The van der Waals surface area contributed by atoms with Gasteiger partial charge in [-0.05, 0) is 31.2 Å². The van der Waals surface area contributed by atoms with Gasteiger partial charge in [0, 0.05) is 30.1 Å². The quantitative estimate of drug-likeness (QED) is 0.709. The maximum atomic E-state index is 4.53. The molecule has 0 aliphatic rings. The molecule has 3 rings (SSSR count). The van der Waals surface area contributed by atoms with Gasteiger partial charge in [-0.2, -0.15) is 5.10 Å². The van der Waals surface area contributed by atoms with Crippen LogP contribution in [0.2, 0.25) is 0 Å². The Morgan fingerprint density at radius 3 is 2.47 bits per heavy atom. The summed E-state index contributed by atoms with van der Waals surface area (Å²) in [5, 5.41) is 4.53. The second-order valence-corrected chi connectivity index (χ2v) is 4.35. The summed E-state index contributed by atoms with van der Waals surface area (Å²) in [7, 11) is 0. The molecule has 0 N–H and O–H groups in total. The first-order valence-corrected chi connectivity index (χ1v) is 6.42. The molecule has 0 aliphatic carbocycles. The van der Waals surface area contributed by atoms with Crippen molar-refractivity contribution in [3.8, 4) is 22.5 Å². The minimum atomic E-state index is 0.889. The molecule has 3 aromatic rings. The molecule has 0 saturated heterocycles. The van der Waals surface area contributed by atoms with E-state index in [1.807, 2.05) is 47.4 Å². The van der Waals surface area contributed by atoms with Crippen LogP contribution >= 0.6 is 0 Å². The Hall–Kier alpha value is -2.42. The highest BCUT2D eigenvalue weighted by Crippen LogP contribution is 2.23. The molecule has 2 heterocycles. The third-order valence-electron chi connectivity index (χ3n) is 3.08. The van der Waals surface area contributed by atoms with Crippen molar-refractivity contribution in [2.24, 2.45) is 0 Å². The maximum Gasteiger partial charge on any atom is 0.0923 e. The van der Waals surface area contributed by atoms with Crippen LogP contribution in [0.1, 0.15) is 6.92 Å². The van der Waals surface area contributed by atoms with Crippen LogP contribution in [-0.4, -0.2) is 14.8 Å². The van der Waals surface area contributed by atoms with E-state index >= 15 is 0 Å². The molecule has 19 heavy (non-hydrogen) atoms. The van der Waals surface area contributed by atoms with Gasteiger partial charge in [0.05, 0.1) is 11.4 Å². The first-order valence-electron chi connectivity index (χ1n) is 6.42. The fourth-order valence-electron chi connectivity index (χ4n) is 2.06. The number of hydrogen-bond donors (Lipinski definition) is 0. The molecule has 0 saturated carbocycles. The van der Waals surface area contributed by atoms with Crippen molar-refractivity contribution in [2.75, 3.05) is 0 Å². The zero-order valence-electron chi connectivity index (χ0n) is 10.8. The molecule has 0 radical (unpaired) electrons. The van der Waals surface area contributed by atoms with Gasteiger partial charge in [0.15, 0.2) is 0 Å². The summed E-state index contributed by atoms with van der Waals surface area (Å²) in [6.07, 6.45) is 3.82. The van der Waals surface area contributed by atoms with Crippen molar-refractivity contribution in [2.45, 2.75) is 13.5 Å². The summed E-state index contributed by atoms with van der Waals surface area (Å²) >= 11 is 0. The number of rotatable bonds is 3. The monoisotopic (exact) mass is 249 g/mol. The Kier molecular flexibility index (Phi) is 3.11. The molecule has 0 aliphatic heterocycles. The lowest BCUT2D eigenvalue weighted by atomic mass is 10.1. The highest BCUT2D eigenvalue weighted by atomic mass is 15.3. The van der Waals surface area contributed by atoms with E-state index in [0.29, 0.717) is 0 Å². The lowest BCUT2D eigenvalue weighted by Crippen LogP contribution is -1.94. The van der Waals surface area contributed by atoms with E-state index < -0.39 is 0 Å². The van der Waals surface area contributed by atoms with Gasteiger partial charge in [0.25, 0.3) is 0 Å². The van der Waals surface area contributed by atoms with Gasteiger partial charge in [-0.15, -0.1) is 0 Å². The lowest BCUT2D eigenvalue weighted by molar-refractivity contribution is 0.662. The second kappa shape index (κ2) is 5.06. The van der Waals surface area contributed by atoms with Crippen molar-refractivity contribution in [3.05, 3.63) is 60.9 Å². The molecule has 0 amide bonds. The highest BCUT2D eigenvalue weighted by Gasteiger charge is 2.04. The fraction of sp³-hybridized carbons (Fsp3) is 0.125. The smallest absolute Gasteiger partial charge is 0.0923 e. The number of hydrogen-bond acceptors (Lipinski definition) is 2. The van der Waals surface area contributed by atoms with E-state index in [2.05, 4.69) is 35.2 Å². The molecule has 3 nitrogen and oxygen atoms in total. The van der Waals surface area contributed by atoms with Crippen molar-refractivity contribution < 1.29 is 0 Å². The zero-order chi connectivity index (χ0) is 13.1.